The molecule has 0 aromatic heterocycles. The third kappa shape index (κ3) is 23.3. The van der Waals surface area contributed by atoms with Gasteiger partial charge in [0.25, 0.3) is 0 Å². The van der Waals surface area contributed by atoms with Crippen molar-refractivity contribution in [3.63, 3.8) is 0 Å². The first kappa shape index (κ1) is 39.8. The minimum Gasteiger partial charge on any atom is -0.379 e. The third-order valence-corrected chi connectivity index (χ3v) is 10.1. The SMILES string of the molecule is CCCCCCCCCCCCCCCC/C=C\CCCCCOC[C@H](COP(=O)(O)C(CC)[N+](C)(C)C)OC. The number of allylic oxidation sites excluding steroid dienone is 2. The highest BCUT2D eigenvalue weighted by molar-refractivity contribution is 7.53. The molecule has 0 aliphatic rings. The van der Waals surface area contributed by atoms with Gasteiger partial charge in [0.1, 0.15) is 6.10 Å². The summed E-state index contributed by atoms with van der Waals surface area (Å²) in [7, 11) is 3.57. The molecule has 0 aliphatic heterocycles. The first-order valence-electron chi connectivity index (χ1n) is 16.7. The van der Waals surface area contributed by atoms with Gasteiger partial charge in [0.05, 0.1) is 34.4 Å². The van der Waals surface area contributed by atoms with Crippen LogP contribution in [0.3, 0.4) is 0 Å². The molecule has 0 radical (unpaired) electrons. The normalized spacial score (nSPS) is 15.5. The Morgan fingerprint density at radius 2 is 1.15 bits per heavy atom. The monoisotopic (exact) mass is 590 g/mol. The van der Waals surface area contributed by atoms with Crippen LogP contribution in [0.25, 0.3) is 0 Å². The fourth-order valence-electron chi connectivity index (χ4n) is 5.23. The minimum absolute atomic E-state index is 0.0604. The van der Waals surface area contributed by atoms with Crippen molar-refractivity contribution in [2.45, 2.75) is 154 Å². The molecule has 40 heavy (non-hydrogen) atoms. The summed E-state index contributed by atoms with van der Waals surface area (Å²) in [6.45, 7) is 5.31. The zero-order valence-electron chi connectivity index (χ0n) is 27.5. The van der Waals surface area contributed by atoms with E-state index in [9.17, 15) is 9.46 Å². The third-order valence-electron chi connectivity index (χ3n) is 7.77. The van der Waals surface area contributed by atoms with Gasteiger partial charge in [-0.3, -0.25) is 4.57 Å². The van der Waals surface area contributed by atoms with Crippen LogP contribution in [0, 0.1) is 0 Å². The van der Waals surface area contributed by atoms with Gasteiger partial charge in [0, 0.05) is 20.1 Å². The van der Waals surface area contributed by atoms with Gasteiger partial charge in [-0.05, 0) is 32.1 Å². The summed E-state index contributed by atoms with van der Waals surface area (Å²) >= 11 is 0. The van der Waals surface area contributed by atoms with Gasteiger partial charge in [-0.25, -0.2) is 0 Å². The second kappa shape index (κ2) is 26.4. The topological polar surface area (TPSA) is 65.0 Å². The summed E-state index contributed by atoms with van der Waals surface area (Å²) < 4.78 is 29.7. The number of unbranched alkanes of at least 4 members (excludes halogenated alkanes) is 17. The molecule has 0 saturated heterocycles. The van der Waals surface area contributed by atoms with Crippen LogP contribution in [0.1, 0.15) is 142 Å². The number of quaternary nitrogens is 1. The summed E-state index contributed by atoms with van der Waals surface area (Å²) in [6.07, 6.45) is 30.4. The van der Waals surface area contributed by atoms with E-state index in [4.69, 9.17) is 14.0 Å². The van der Waals surface area contributed by atoms with Crippen molar-refractivity contribution in [2.75, 3.05) is 48.1 Å². The number of rotatable bonds is 30. The second-order valence-electron chi connectivity index (χ2n) is 12.5. The molecule has 0 heterocycles. The van der Waals surface area contributed by atoms with E-state index >= 15 is 0 Å². The lowest BCUT2D eigenvalue weighted by molar-refractivity contribution is -0.883. The molecular formula is C33H69NO5P+. The van der Waals surface area contributed by atoms with Gasteiger partial charge in [-0.15, -0.1) is 0 Å². The van der Waals surface area contributed by atoms with E-state index in [0.29, 0.717) is 24.1 Å². The predicted octanol–water partition coefficient (Wildman–Crippen LogP) is 9.65. The maximum absolute atomic E-state index is 12.7. The van der Waals surface area contributed by atoms with E-state index in [-0.39, 0.29) is 12.7 Å². The largest absolute Gasteiger partial charge is 0.385 e. The first-order chi connectivity index (χ1) is 19.2. The first-order valence-corrected chi connectivity index (χ1v) is 18.4. The van der Waals surface area contributed by atoms with Crippen LogP contribution in [0.15, 0.2) is 12.2 Å². The highest BCUT2D eigenvalue weighted by Gasteiger charge is 2.41. The van der Waals surface area contributed by atoms with E-state index in [2.05, 4.69) is 19.1 Å². The summed E-state index contributed by atoms with van der Waals surface area (Å²) in [4.78, 5) is 10.4. The Morgan fingerprint density at radius 1 is 0.700 bits per heavy atom. The van der Waals surface area contributed by atoms with Crippen molar-refractivity contribution in [1.82, 2.24) is 0 Å². The lowest BCUT2D eigenvalue weighted by Gasteiger charge is -2.35. The Bertz CT molecular complexity index is 622. The standard InChI is InChI=1S/C33H68NO5P/c1-7-9-10-11-12-13-14-15-16-17-18-19-20-21-22-23-24-25-26-27-28-29-38-30-32(37-6)31-39-40(35,36)33(8-2)34(3,4)5/h23-24,32-33H,7-22,25-31H2,1-6H3/p+1/b24-23-/t32-,33?/m1/s1. The van der Waals surface area contributed by atoms with Crippen LogP contribution in [-0.2, 0) is 18.6 Å². The zero-order valence-corrected chi connectivity index (χ0v) is 28.4. The summed E-state index contributed by atoms with van der Waals surface area (Å²) in [5, 5.41) is 0. The van der Waals surface area contributed by atoms with E-state index in [1.807, 2.05) is 28.1 Å². The molecule has 0 aromatic carbocycles. The lowest BCUT2D eigenvalue weighted by atomic mass is 10.0. The molecule has 1 N–H and O–H groups in total. The summed E-state index contributed by atoms with van der Waals surface area (Å²) in [5.74, 6) is -0.459. The molecule has 0 amide bonds. The Hall–Kier alpha value is -0.230. The molecule has 0 rings (SSSR count). The quantitative estimate of drug-likeness (QED) is 0.0390. The average molecular weight is 591 g/mol. The number of ether oxygens (including phenoxy) is 2. The Kier molecular flexibility index (Phi) is 26.2. The highest BCUT2D eigenvalue weighted by atomic mass is 31.2. The summed E-state index contributed by atoms with van der Waals surface area (Å²) in [5.41, 5.74) is 0. The van der Waals surface area contributed by atoms with Crippen LogP contribution in [0.5, 0.6) is 0 Å². The maximum atomic E-state index is 12.7. The van der Waals surface area contributed by atoms with Crippen LogP contribution >= 0.6 is 7.60 Å². The fraction of sp³-hybridized carbons (Fsp3) is 0.939. The lowest BCUT2D eigenvalue weighted by Crippen LogP contribution is -2.45. The van der Waals surface area contributed by atoms with Gasteiger partial charge in [0.15, 0.2) is 5.78 Å². The molecule has 0 aliphatic carbocycles. The second-order valence-corrected chi connectivity index (χ2v) is 14.5. The fourth-order valence-corrected chi connectivity index (χ4v) is 7.12. The molecule has 0 spiro atoms. The van der Waals surface area contributed by atoms with Crippen molar-refractivity contribution in [3.05, 3.63) is 12.2 Å². The van der Waals surface area contributed by atoms with Gasteiger partial charge in [-0.1, -0.05) is 116 Å². The number of methoxy groups -OCH3 is 1. The van der Waals surface area contributed by atoms with Gasteiger partial charge < -0.3 is 23.4 Å². The molecular weight excluding hydrogens is 521 g/mol. The van der Waals surface area contributed by atoms with Crippen LogP contribution in [0.4, 0.5) is 0 Å². The smallest absolute Gasteiger partial charge is 0.379 e. The van der Waals surface area contributed by atoms with E-state index in [1.54, 1.807) is 7.11 Å². The van der Waals surface area contributed by atoms with Gasteiger partial charge in [-0.2, -0.15) is 0 Å². The molecule has 0 fully saturated rings. The highest BCUT2D eigenvalue weighted by Crippen LogP contribution is 2.51. The Balaban J connectivity index is 3.57. The molecule has 3 atom stereocenters. The van der Waals surface area contributed by atoms with E-state index < -0.39 is 13.4 Å². The molecule has 0 aromatic rings. The molecule has 0 bridgehead atoms. The molecule has 6 nitrogen and oxygen atoms in total. The van der Waals surface area contributed by atoms with Gasteiger partial charge in [0.2, 0.25) is 0 Å². The number of hydrogen-bond acceptors (Lipinski definition) is 4. The predicted molar refractivity (Wildman–Crippen MR) is 172 cm³/mol. The molecule has 240 valence electrons. The number of nitrogens with zero attached hydrogens (tertiary/aromatic N) is 1. The van der Waals surface area contributed by atoms with Crippen molar-refractivity contribution < 1.29 is 27.9 Å². The van der Waals surface area contributed by atoms with Crippen molar-refractivity contribution >= 4 is 7.60 Å². The van der Waals surface area contributed by atoms with Crippen molar-refractivity contribution in [3.8, 4) is 0 Å². The molecule has 2 unspecified atom stereocenters. The van der Waals surface area contributed by atoms with Crippen LogP contribution in [-0.4, -0.2) is 69.3 Å². The maximum Gasteiger partial charge on any atom is 0.385 e. The zero-order chi connectivity index (χ0) is 30.0. The van der Waals surface area contributed by atoms with Crippen molar-refractivity contribution in [1.29, 1.82) is 0 Å². The van der Waals surface area contributed by atoms with E-state index in [0.717, 1.165) is 19.3 Å². The average Bonchev–Trinajstić information content (AvgIpc) is 2.90. The minimum atomic E-state index is -3.74. The molecule has 7 heteroatoms. The van der Waals surface area contributed by atoms with Gasteiger partial charge >= 0.3 is 7.60 Å². The number of hydrogen-bond donors (Lipinski definition) is 1. The summed E-state index contributed by atoms with van der Waals surface area (Å²) in [6, 6.07) is 0. The van der Waals surface area contributed by atoms with Crippen LogP contribution in [0.2, 0.25) is 0 Å². The van der Waals surface area contributed by atoms with E-state index in [1.165, 1.54) is 103 Å². The Labute approximate surface area is 249 Å². The molecule has 0 saturated carbocycles. The Morgan fingerprint density at radius 3 is 1.57 bits per heavy atom. The van der Waals surface area contributed by atoms with Crippen molar-refractivity contribution in [2.24, 2.45) is 0 Å². The van der Waals surface area contributed by atoms with Crippen LogP contribution < -0.4 is 0 Å².